The minimum atomic E-state index is -0.493. The van der Waals surface area contributed by atoms with Crippen molar-refractivity contribution < 1.29 is 9.26 Å². The highest BCUT2D eigenvalue weighted by Gasteiger charge is 2.32. The van der Waals surface area contributed by atoms with Crippen LogP contribution in [0, 0.1) is 5.92 Å². The van der Waals surface area contributed by atoms with Crippen molar-refractivity contribution in [2.24, 2.45) is 11.7 Å². The Kier molecular flexibility index (Phi) is 4.65. The predicted octanol–water partition coefficient (Wildman–Crippen LogP) is 2.39. The van der Waals surface area contributed by atoms with E-state index in [1.807, 2.05) is 34.6 Å². The maximum atomic E-state index is 5.97. The van der Waals surface area contributed by atoms with Gasteiger partial charge in [0.05, 0.1) is 6.04 Å². The molecule has 0 aliphatic heterocycles. The molecule has 1 rings (SSSR count). The van der Waals surface area contributed by atoms with Crippen molar-refractivity contribution in [2.45, 2.75) is 52.7 Å². The average Bonchev–Trinajstić information content (AvgIpc) is 2.77. The van der Waals surface area contributed by atoms with Crippen LogP contribution in [0.25, 0.3) is 0 Å². The third-order valence-electron chi connectivity index (χ3n) is 3.06. The van der Waals surface area contributed by atoms with Crippen LogP contribution < -0.4 is 5.73 Å². The highest BCUT2D eigenvalue weighted by Crippen LogP contribution is 2.28. The third-order valence-corrected chi connectivity index (χ3v) is 3.06. The summed E-state index contributed by atoms with van der Waals surface area (Å²) in [5.74, 6) is 1.32. The first-order chi connectivity index (χ1) is 7.94. The maximum Gasteiger partial charge on any atom is 0.243 e. The van der Waals surface area contributed by atoms with Crippen LogP contribution in [-0.4, -0.2) is 16.7 Å². The molecule has 17 heavy (non-hydrogen) atoms. The highest BCUT2D eigenvalue weighted by molar-refractivity contribution is 5.01. The van der Waals surface area contributed by atoms with Gasteiger partial charge >= 0.3 is 0 Å². The van der Waals surface area contributed by atoms with E-state index in [2.05, 4.69) is 10.1 Å². The van der Waals surface area contributed by atoms with Crippen LogP contribution >= 0.6 is 0 Å². The summed E-state index contributed by atoms with van der Waals surface area (Å²) in [5, 5.41) is 3.99. The molecule has 0 bridgehead atoms. The van der Waals surface area contributed by atoms with E-state index in [-0.39, 0.29) is 12.0 Å². The molecule has 0 aliphatic rings. The van der Waals surface area contributed by atoms with E-state index in [0.29, 0.717) is 18.3 Å². The fraction of sp³-hybridized carbons (Fsp3) is 0.833. The van der Waals surface area contributed by atoms with Crippen molar-refractivity contribution in [3.8, 4) is 0 Å². The van der Waals surface area contributed by atoms with Gasteiger partial charge in [-0.05, 0) is 26.2 Å². The second kappa shape index (κ2) is 5.60. The van der Waals surface area contributed by atoms with Crippen LogP contribution in [0.2, 0.25) is 0 Å². The molecule has 0 radical (unpaired) electrons. The summed E-state index contributed by atoms with van der Waals surface area (Å²) in [4.78, 5) is 4.37. The second-order valence-electron chi connectivity index (χ2n) is 4.74. The Balaban J connectivity index is 2.93. The minimum Gasteiger partial charge on any atom is -0.367 e. The molecule has 0 saturated heterocycles. The Morgan fingerprint density at radius 2 is 2.06 bits per heavy atom. The molecule has 1 heterocycles. The molecule has 0 spiro atoms. The largest absolute Gasteiger partial charge is 0.367 e. The SMILES string of the molecule is CCOC(C)(CC)c1noc([C@@H](N)C(C)C)n1. The third kappa shape index (κ3) is 3.04. The zero-order valence-corrected chi connectivity index (χ0v) is 11.4. The lowest BCUT2D eigenvalue weighted by atomic mass is 10.0. The molecule has 98 valence electrons. The van der Waals surface area contributed by atoms with Gasteiger partial charge in [-0.3, -0.25) is 0 Å². The standard InChI is InChI=1S/C12H23N3O2/c1-6-12(5,16-7-2)11-14-10(17-15-11)9(13)8(3)4/h8-9H,6-7,13H2,1-5H3/t9-,12?/m0/s1. The quantitative estimate of drug-likeness (QED) is 0.827. The molecule has 5 heteroatoms. The van der Waals surface area contributed by atoms with Crippen molar-refractivity contribution in [3.63, 3.8) is 0 Å². The fourth-order valence-corrected chi connectivity index (χ4v) is 1.51. The van der Waals surface area contributed by atoms with E-state index in [1.54, 1.807) is 0 Å². The molecule has 1 unspecified atom stereocenters. The normalized spacial score (nSPS) is 17.1. The summed E-state index contributed by atoms with van der Waals surface area (Å²) in [5.41, 5.74) is 5.48. The van der Waals surface area contributed by atoms with Gasteiger partial charge in [0.1, 0.15) is 5.60 Å². The van der Waals surface area contributed by atoms with E-state index in [0.717, 1.165) is 6.42 Å². The zero-order chi connectivity index (χ0) is 13.1. The lowest BCUT2D eigenvalue weighted by molar-refractivity contribution is -0.0403. The van der Waals surface area contributed by atoms with Crippen molar-refractivity contribution >= 4 is 0 Å². The van der Waals surface area contributed by atoms with Crippen LogP contribution in [0.3, 0.4) is 0 Å². The van der Waals surface area contributed by atoms with Crippen LogP contribution in [0.1, 0.15) is 58.8 Å². The van der Waals surface area contributed by atoms with Gasteiger partial charge in [0.2, 0.25) is 11.7 Å². The predicted molar refractivity (Wildman–Crippen MR) is 65.3 cm³/mol. The van der Waals surface area contributed by atoms with Crippen molar-refractivity contribution in [1.82, 2.24) is 10.1 Å². The first kappa shape index (κ1) is 14.1. The smallest absolute Gasteiger partial charge is 0.243 e. The first-order valence-electron chi connectivity index (χ1n) is 6.18. The number of hydrogen-bond acceptors (Lipinski definition) is 5. The van der Waals surface area contributed by atoms with Crippen LogP contribution in [-0.2, 0) is 10.3 Å². The highest BCUT2D eigenvalue weighted by atomic mass is 16.5. The maximum absolute atomic E-state index is 5.97. The van der Waals surface area contributed by atoms with Gasteiger partial charge in [-0.15, -0.1) is 0 Å². The van der Waals surface area contributed by atoms with Gasteiger partial charge < -0.3 is 15.0 Å². The summed E-state index contributed by atoms with van der Waals surface area (Å²) in [6, 6.07) is -0.223. The molecule has 2 N–H and O–H groups in total. The summed E-state index contributed by atoms with van der Waals surface area (Å²) in [6.07, 6.45) is 0.788. The molecule has 5 nitrogen and oxygen atoms in total. The molecule has 1 aromatic heterocycles. The number of hydrogen-bond donors (Lipinski definition) is 1. The van der Waals surface area contributed by atoms with Crippen LogP contribution in [0.15, 0.2) is 4.52 Å². The lowest BCUT2D eigenvalue weighted by Crippen LogP contribution is -2.27. The molecule has 0 aliphatic carbocycles. The summed E-state index contributed by atoms with van der Waals surface area (Å²) in [6.45, 7) is 10.6. The minimum absolute atomic E-state index is 0.223. The summed E-state index contributed by atoms with van der Waals surface area (Å²) in [7, 11) is 0. The van der Waals surface area contributed by atoms with Gasteiger partial charge in [-0.1, -0.05) is 25.9 Å². The lowest BCUT2D eigenvalue weighted by Gasteiger charge is -2.23. The number of aromatic nitrogens is 2. The van der Waals surface area contributed by atoms with Gasteiger partial charge in [0.25, 0.3) is 0 Å². The van der Waals surface area contributed by atoms with E-state index in [9.17, 15) is 0 Å². The monoisotopic (exact) mass is 241 g/mol. The Hall–Kier alpha value is -0.940. The number of rotatable bonds is 6. The Labute approximate surface area is 103 Å². The molecule has 0 amide bonds. The van der Waals surface area contributed by atoms with Gasteiger partial charge in [0, 0.05) is 6.61 Å². The number of nitrogens with two attached hydrogens (primary N) is 1. The summed E-state index contributed by atoms with van der Waals surface area (Å²) < 4.78 is 10.9. The topological polar surface area (TPSA) is 74.2 Å². The average molecular weight is 241 g/mol. The fourth-order valence-electron chi connectivity index (χ4n) is 1.51. The van der Waals surface area contributed by atoms with Crippen molar-refractivity contribution in [1.29, 1.82) is 0 Å². The zero-order valence-electron chi connectivity index (χ0n) is 11.4. The molecular formula is C12H23N3O2. The van der Waals surface area contributed by atoms with Gasteiger partial charge in [-0.25, -0.2) is 0 Å². The second-order valence-corrected chi connectivity index (χ2v) is 4.74. The van der Waals surface area contributed by atoms with Crippen molar-refractivity contribution in [2.75, 3.05) is 6.61 Å². The van der Waals surface area contributed by atoms with Crippen LogP contribution in [0.5, 0.6) is 0 Å². The van der Waals surface area contributed by atoms with Gasteiger partial charge in [-0.2, -0.15) is 4.98 Å². The van der Waals surface area contributed by atoms with E-state index < -0.39 is 5.60 Å². The Bertz CT molecular complexity index is 351. The summed E-state index contributed by atoms with van der Waals surface area (Å²) >= 11 is 0. The Morgan fingerprint density at radius 3 is 2.53 bits per heavy atom. The first-order valence-corrected chi connectivity index (χ1v) is 6.18. The molecule has 0 saturated carbocycles. The van der Waals surface area contributed by atoms with E-state index in [1.165, 1.54) is 0 Å². The molecule has 0 aromatic carbocycles. The van der Waals surface area contributed by atoms with Gasteiger partial charge in [0.15, 0.2) is 0 Å². The Morgan fingerprint density at radius 1 is 1.41 bits per heavy atom. The molecular weight excluding hydrogens is 218 g/mol. The molecule has 1 aromatic rings. The van der Waals surface area contributed by atoms with E-state index >= 15 is 0 Å². The van der Waals surface area contributed by atoms with Crippen LogP contribution in [0.4, 0.5) is 0 Å². The van der Waals surface area contributed by atoms with Crippen molar-refractivity contribution in [3.05, 3.63) is 11.7 Å². The number of ether oxygens (including phenoxy) is 1. The van der Waals surface area contributed by atoms with E-state index in [4.69, 9.17) is 15.0 Å². The molecule has 0 fully saturated rings. The molecule has 2 atom stereocenters. The number of nitrogens with zero attached hydrogens (tertiary/aromatic N) is 2.